The van der Waals surface area contributed by atoms with Crippen molar-refractivity contribution in [1.29, 1.82) is 0 Å². The quantitative estimate of drug-likeness (QED) is 0.721. The van der Waals surface area contributed by atoms with Gasteiger partial charge in [-0.2, -0.15) is 0 Å². The van der Waals surface area contributed by atoms with Crippen molar-refractivity contribution >= 4 is 22.7 Å². The van der Waals surface area contributed by atoms with Crippen molar-refractivity contribution in [1.82, 2.24) is 19.9 Å². The molecule has 17 heavy (non-hydrogen) atoms. The van der Waals surface area contributed by atoms with E-state index in [0.717, 1.165) is 16.7 Å². The van der Waals surface area contributed by atoms with Gasteiger partial charge in [-0.15, -0.1) is 0 Å². The molecule has 0 unspecified atom stereocenters. The second-order valence-corrected chi connectivity index (χ2v) is 3.46. The third-order valence-corrected chi connectivity index (χ3v) is 2.29. The van der Waals surface area contributed by atoms with E-state index in [1.165, 1.54) is 0 Å². The lowest BCUT2D eigenvalue weighted by Crippen LogP contribution is -1.97. The first-order valence-corrected chi connectivity index (χ1v) is 5.17. The number of rotatable bonds is 2. The fourth-order valence-corrected chi connectivity index (χ4v) is 1.49. The molecule has 0 aliphatic heterocycles. The van der Waals surface area contributed by atoms with Crippen LogP contribution < -0.4 is 5.32 Å². The van der Waals surface area contributed by atoms with Crippen molar-refractivity contribution in [2.45, 2.75) is 0 Å². The first kappa shape index (κ1) is 9.65. The van der Waals surface area contributed by atoms with Crippen LogP contribution >= 0.6 is 0 Å². The molecule has 1 N–H and O–H groups in total. The second kappa shape index (κ2) is 4.13. The van der Waals surface area contributed by atoms with Gasteiger partial charge in [-0.3, -0.25) is 9.97 Å². The molecule has 5 heteroatoms. The Morgan fingerprint density at radius 2 is 1.76 bits per heavy atom. The van der Waals surface area contributed by atoms with E-state index >= 15 is 0 Å². The predicted octanol–water partition coefficient (Wildman–Crippen LogP) is 2.16. The maximum Gasteiger partial charge on any atom is 0.227 e. The molecule has 0 aliphatic rings. The number of hydrogen-bond donors (Lipinski definition) is 1. The number of nitrogens with zero attached hydrogens (tertiary/aromatic N) is 4. The van der Waals surface area contributed by atoms with Gasteiger partial charge in [0.1, 0.15) is 5.52 Å². The van der Waals surface area contributed by atoms with E-state index in [1.54, 1.807) is 24.8 Å². The average Bonchev–Trinajstić information content (AvgIpc) is 2.40. The average molecular weight is 223 g/mol. The first-order valence-electron chi connectivity index (χ1n) is 5.17. The van der Waals surface area contributed by atoms with Crippen LogP contribution in [0.25, 0.3) is 11.0 Å². The molecule has 3 aromatic heterocycles. The second-order valence-electron chi connectivity index (χ2n) is 3.46. The van der Waals surface area contributed by atoms with Crippen LogP contribution in [0.2, 0.25) is 0 Å². The van der Waals surface area contributed by atoms with Gasteiger partial charge in [0.25, 0.3) is 0 Å². The fraction of sp³-hybridized carbons (Fsp3) is 0. The Balaban J connectivity index is 1.96. The van der Waals surface area contributed by atoms with E-state index in [0.29, 0.717) is 5.95 Å². The zero-order valence-electron chi connectivity index (χ0n) is 8.91. The molecule has 0 atom stereocenters. The zero-order chi connectivity index (χ0) is 11.5. The minimum absolute atomic E-state index is 0.553. The van der Waals surface area contributed by atoms with Gasteiger partial charge in [0, 0.05) is 24.3 Å². The van der Waals surface area contributed by atoms with Crippen molar-refractivity contribution in [3.8, 4) is 0 Å². The molecule has 0 fully saturated rings. The largest absolute Gasteiger partial charge is 0.324 e. The van der Waals surface area contributed by atoms with Crippen molar-refractivity contribution < 1.29 is 0 Å². The van der Waals surface area contributed by atoms with Gasteiger partial charge < -0.3 is 5.32 Å². The third-order valence-electron chi connectivity index (χ3n) is 2.29. The maximum atomic E-state index is 4.37. The van der Waals surface area contributed by atoms with Crippen LogP contribution in [-0.4, -0.2) is 19.9 Å². The summed E-state index contributed by atoms with van der Waals surface area (Å²) in [4.78, 5) is 16.7. The normalized spacial score (nSPS) is 10.4. The van der Waals surface area contributed by atoms with Crippen LogP contribution in [0.3, 0.4) is 0 Å². The minimum atomic E-state index is 0.553. The number of fused-ring (bicyclic) bond motifs is 1. The highest BCUT2D eigenvalue weighted by Crippen LogP contribution is 2.13. The van der Waals surface area contributed by atoms with E-state index in [9.17, 15) is 0 Å². The zero-order valence-corrected chi connectivity index (χ0v) is 8.91. The summed E-state index contributed by atoms with van der Waals surface area (Å²) in [6.45, 7) is 0. The Labute approximate surface area is 97.6 Å². The van der Waals surface area contributed by atoms with Crippen LogP contribution in [0.15, 0.2) is 49.1 Å². The summed E-state index contributed by atoms with van der Waals surface area (Å²) < 4.78 is 0. The molecule has 3 heterocycles. The summed E-state index contributed by atoms with van der Waals surface area (Å²) in [5.74, 6) is 0.553. The molecule has 3 rings (SSSR count). The number of anilines is 2. The molecule has 0 saturated heterocycles. The Hall–Kier alpha value is -2.56. The summed E-state index contributed by atoms with van der Waals surface area (Å²) in [5.41, 5.74) is 2.51. The minimum Gasteiger partial charge on any atom is -0.324 e. The molecule has 3 aromatic rings. The van der Waals surface area contributed by atoms with Crippen LogP contribution in [0, 0.1) is 0 Å². The topological polar surface area (TPSA) is 63.6 Å². The molecule has 0 aliphatic carbocycles. The Morgan fingerprint density at radius 1 is 0.882 bits per heavy atom. The number of aromatic nitrogens is 4. The highest BCUT2D eigenvalue weighted by Gasteiger charge is 2.00. The molecule has 0 radical (unpaired) electrons. The summed E-state index contributed by atoms with van der Waals surface area (Å²) >= 11 is 0. The standard InChI is InChI=1S/C12H9N5/c1-2-10-11(14-5-1)8-15-12(17-10)16-9-3-6-13-7-4-9/h1-8H,(H,13,15,16,17). The highest BCUT2D eigenvalue weighted by molar-refractivity contribution is 5.74. The molecule has 0 aromatic carbocycles. The van der Waals surface area contributed by atoms with Crippen molar-refractivity contribution in [2.75, 3.05) is 5.32 Å². The Bertz CT molecular complexity index is 638. The Morgan fingerprint density at radius 3 is 2.65 bits per heavy atom. The molecular formula is C12H9N5. The van der Waals surface area contributed by atoms with E-state index < -0.39 is 0 Å². The number of pyridine rings is 2. The van der Waals surface area contributed by atoms with Gasteiger partial charge in [0.2, 0.25) is 5.95 Å². The molecule has 5 nitrogen and oxygen atoms in total. The van der Waals surface area contributed by atoms with Crippen LogP contribution in [0.4, 0.5) is 11.6 Å². The fourth-order valence-electron chi connectivity index (χ4n) is 1.49. The molecule has 0 saturated carbocycles. The lowest BCUT2D eigenvalue weighted by molar-refractivity contribution is 1.19. The summed E-state index contributed by atoms with van der Waals surface area (Å²) in [6, 6.07) is 7.47. The van der Waals surface area contributed by atoms with Gasteiger partial charge in [0.15, 0.2) is 0 Å². The van der Waals surface area contributed by atoms with Crippen LogP contribution in [-0.2, 0) is 0 Å². The third kappa shape index (κ3) is 2.03. The molecule has 0 bridgehead atoms. The molecule has 0 amide bonds. The lowest BCUT2D eigenvalue weighted by atomic mass is 10.4. The van der Waals surface area contributed by atoms with Crippen molar-refractivity contribution in [2.24, 2.45) is 0 Å². The summed E-state index contributed by atoms with van der Waals surface area (Å²) in [6.07, 6.45) is 6.85. The highest BCUT2D eigenvalue weighted by atomic mass is 15.1. The maximum absolute atomic E-state index is 4.37. The van der Waals surface area contributed by atoms with Gasteiger partial charge in [-0.1, -0.05) is 0 Å². The Kier molecular flexibility index (Phi) is 2.34. The first-order chi connectivity index (χ1) is 8.42. The number of nitrogens with one attached hydrogen (secondary N) is 1. The van der Waals surface area contributed by atoms with Gasteiger partial charge in [-0.05, 0) is 24.3 Å². The molecular weight excluding hydrogens is 214 g/mol. The van der Waals surface area contributed by atoms with Gasteiger partial charge >= 0.3 is 0 Å². The monoisotopic (exact) mass is 223 g/mol. The van der Waals surface area contributed by atoms with Crippen LogP contribution in [0.1, 0.15) is 0 Å². The molecule has 82 valence electrons. The van der Waals surface area contributed by atoms with Crippen LogP contribution in [0.5, 0.6) is 0 Å². The lowest BCUT2D eigenvalue weighted by Gasteiger charge is -2.04. The van der Waals surface area contributed by atoms with Crippen molar-refractivity contribution in [3.05, 3.63) is 49.1 Å². The smallest absolute Gasteiger partial charge is 0.227 e. The summed E-state index contributed by atoms with van der Waals surface area (Å²) in [5, 5.41) is 3.11. The van der Waals surface area contributed by atoms with Gasteiger partial charge in [-0.25, -0.2) is 9.97 Å². The van der Waals surface area contributed by atoms with E-state index in [1.807, 2.05) is 24.3 Å². The van der Waals surface area contributed by atoms with E-state index in [-0.39, 0.29) is 0 Å². The van der Waals surface area contributed by atoms with Gasteiger partial charge in [0.05, 0.1) is 11.7 Å². The van der Waals surface area contributed by atoms with E-state index in [2.05, 4.69) is 25.3 Å². The molecule has 0 spiro atoms. The SMILES string of the molecule is c1cnc2cnc(Nc3ccncc3)nc2c1. The predicted molar refractivity (Wildman–Crippen MR) is 64.9 cm³/mol. The van der Waals surface area contributed by atoms with Crippen molar-refractivity contribution in [3.63, 3.8) is 0 Å². The summed E-state index contributed by atoms with van der Waals surface area (Å²) in [7, 11) is 0. The number of hydrogen-bond acceptors (Lipinski definition) is 5. The van der Waals surface area contributed by atoms with E-state index in [4.69, 9.17) is 0 Å².